The SMILES string of the molecule is NCC#Cc1ccc(NC(=O)CCn2cccn2)cc1. The maximum absolute atomic E-state index is 11.8. The van der Waals surface area contributed by atoms with Crippen LogP contribution in [0.2, 0.25) is 0 Å². The summed E-state index contributed by atoms with van der Waals surface area (Å²) in [5.74, 6) is 5.67. The highest BCUT2D eigenvalue weighted by molar-refractivity contribution is 5.90. The lowest BCUT2D eigenvalue weighted by atomic mass is 10.2. The first-order valence-corrected chi connectivity index (χ1v) is 6.34. The van der Waals surface area contributed by atoms with Gasteiger partial charge in [-0.3, -0.25) is 9.48 Å². The molecule has 1 amide bonds. The molecule has 0 unspecified atom stereocenters. The number of rotatable bonds is 4. The normalized spacial score (nSPS) is 9.65. The molecular formula is C15H16N4O. The molecule has 102 valence electrons. The van der Waals surface area contributed by atoms with Crippen molar-refractivity contribution in [2.45, 2.75) is 13.0 Å². The minimum atomic E-state index is -0.0405. The Balaban J connectivity index is 1.84. The monoisotopic (exact) mass is 268 g/mol. The number of nitrogens with one attached hydrogen (secondary N) is 1. The Morgan fingerprint density at radius 2 is 2.15 bits per heavy atom. The second kappa shape index (κ2) is 7.12. The van der Waals surface area contributed by atoms with Gasteiger partial charge >= 0.3 is 0 Å². The summed E-state index contributed by atoms with van der Waals surface area (Å²) in [4.78, 5) is 11.8. The molecule has 2 rings (SSSR count). The van der Waals surface area contributed by atoms with E-state index in [-0.39, 0.29) is 5.91 Å². The van der Waals surface area contributed by atoms with E-state index in [4.69, 9.17) is 5.73 Å². The van der Waals surface area contributed by atoms with E-state index in [0.717, 1.165) is 11.3 Å². The maximum Gasteiger partial charge on any atom is 0.226 e. The molecule has 0 atom stereocenters. The third-order valence-electron chi connectivity index (χ3n) is 2.63. The molecule has 0 saturated heterocycles. The van der Waals surface area contributed by atoms with Gasteiger partial charge in [0.05, 0.1) is 6.54 Å². The lowest BCUT2D eigenvalue weighted by molar-refractivity contribution is -0.116. The predicted molar refractivity (Wildman–Crippen MR) is 77.8 cm³/mol. The lowest BCUT2D eigenvalue weighted by Gasteiger charge is -2.05. The highest BCUT2D eigenvalue weighted by Gasteiger charge is 2.02. The number of nitrogens with zero attached hydrogens (tertiary/aromatic N) is 2. The van der Waals surface area contributed by atoms with Gasteiger partial charge in [0.2, 0.25) is 5.91 Å². The quantitative estimate of drug-likeness (QED) is 0.819. The summed E-state index contributed by atoms with van der Waals surface area (Å²) in [6, 6.07) is 9.19. The van der Waals surface area contributed by atoms with Crippen LogP contribution in [0.15, 0.2) is 42.7 Å². The molecule has 0 radical (unpaired) electrons. The highest BCUT2D eigenvalue weighted by atomic mass is 16.1. The number of hydrogen-bond acceptors (Lipinski definition) is 3. The Morgan fingerprint density at radius 1 is 1.35 bits per heavy atom. The molecule has 1 heterocycles. The number of anilines is 1. The first kappa shape index (κ1) is 13.8. The second-order valence-electron chi connectivity index (χ2n) is 4.15. The molecule has 0 spiro atoms. The van der Waals surface area contributed by atoms with E-state index >= 15 is 0 Å². The van der Waals surface area contributed by atoms with Crippen LogP contribution in [0.25, 0.3) is 0 Å². The third kappa shape index (κ3) is 4.26. The van der Waals surface area contributed by atoms with Crippen LogP contribution < -0.4 is 11.1 Å². The van der Waals surface area contributed by atoms with Crippen LogP contribution in [0.1, 0.15) is 12.0 Å². The van der Waals surface area contributed by atoms with E-state index in [1.165, 1.54) is 0 Å². The summed E-state index contributed by atoms with van der Waals surface area (Å²) < 4.78 is 1.73. The largest absolute Gasteiger partial charge is 0.326 e. The van der Waals surface area contributed by atoms with Crippen molar-refractivity contribution in [2.75, 3.05) is 11.9 Å². The fourth-order valence-corrected chi connectivity index (χ4v) is 1.66. The Bertz CT molecular complexity index is 606. The summed E-state index contributed by atoms with van der Waals surface area (Å²) in [7, 11) is 0. The number of aromatic nitrogens is 2. The molecule has 0 bridgehead atoms. The average Bonchev–Trinajstić information content (AvgIpc) is 2.98. The third-order valence-corrected chi connectivity index (χ3v) is 2.63. The molecule has 5 nitrogen and oxygen atoms in total. The Labute approximate surface area is 117 Å². The molecule has 1 aromatic heterocycles. The van der Waals surface area contributed by atoms with Gasteiger partial charge < -0.3 is 11.1 Å². The van der Waals surface area contributed by atoms with Gasteiger partial charge in [-0.05, 0) is 30.3 Å². The van der Waals surface area contributed by atoms with Gasteiger partial charge in [0.25, 0.3) is 0 Å². The zero-order valence-corrected chi connectivity index (χ0v) is 11.0. The molecule has 0 fully saturated rings. The van der Waals surface area contributed by atoms with Crippen LogP contribution in [0.3, 0.4) is 0 Å². The van der Waals surface area contributed by atoms with Crippen LogP contribution in [-0.2, 0) is 11.3 Å². The van der Waals surface area contributed by atoms with Crippen LogP contribution in [-0.4, -0.2) is 22.2 Å². The van der Waals surface area contributed by atoms with Crippen LogP contribution in [0.5, 0.6) is 0 Å². The molecule has 2 aromatic rings. The van der Waals surface area contributed by atoms with Crippen molar-refractivity contribution in [3.63, 3.8) is 0 Å². The van der Waals surface area contributed by atoms with E-state index in [2.05, 4.69) is 22.3 Å². The summed E-state index contributed by atoms with van der Waals surface area (Å²) in [5.41, 5.74) is 6.95. The average molecular weight is 268 g/mol. The van der Waals surface area contributed by atoms with Crippen LogP contribution >= 0.6 is 0 Å². The van der Waals surface area contributed by atoms with E-state index in [0.29, 0.717) is 19.5 Å². The van der Waals surface area contributed by atoms with Crippen molar-refractivity contribution in [1.82, 2.24) is 9.78 Å². The number of hydrogen-bond donors (Lipinski definition) is 2. The number of carbonyl (C=O) groups excluding carboxylic acids is 1. The Kier molecular flexibility index (Phi) is 4.93. The van der Waals surface area contributed by atoms with Crippen molar-refractivity contribution in [3.05, 3.63) is 48.3 Å². The summed E-state index contributed by atoms with van der Waals surface area (Å²) in [6.45, 7) is 0.908. The molecule has 20 heavy (non-hydrogen) atoms. The number of carbonyl (C=O) groups is 1. The van der Waals surface area contributed by atoms with E-state index < -0.39 is 0 Å². The molecule has 0 aliphatic carbocycles. The molecule has 1 aromatic carbocycles. The van der Waals surface area contributed by atoms with Gasteiger partial charge in [-0.1, -0.05) is 11.8 Å². The zero-order valence-electron chi connectivity index (χ0n) is 11.0. The van der Waals surface area contributed by atoms with Crippen molar-refractivity contribution in [3.8, 4) is 11.8 Å². The van der Waals surface area contributed by atoms with Crippen molar-refractivity contribution in [2.24, 2.45) is 5.73 Å². The maximum atomic E-state index is 11.8. The van der Waals surface area contributed by atoms with E-state index in [1.807, 2.05) is 36.5 Å². The minimum Gasteiger partial charge on any atom is -0.326 e. The standard InChI is InChI=1S/C15H16N4O/c16-9-1-3-13-4-6-14(7-5-13)18-15(20)8-12-19-11-2-10-17-19/h2,4-7,10-11H,8-9,12,16H2,(H,18,20). The fraction of sp³-hybridized carbons (Fsp3) is 0.200. The first-order valence-electron chi connectivity index (χ1n) is 6.34. The zero-order chi connectivity index (χ0) is 14.2. The van der Waals surface area contributed by atoms with Gasteiger partial charge in [-0.25, -0.2) is 0 Å². The second-order valence-corrected chi connectivity index (χ2v) is 4.15. The number of amides is 1. The van der Waals surface area contributed by atoms with Crippen LogP contribution in [0.4, 0.5) is 5.69 Å². The van der Waals surface area contributed by atoms with E-state index in [9.17, 15) is 4.79 Å². The smallest absolute Gasteiger partial charge is 0.226 e. The van der Waals surface area contributed by atoms with Crippen molar-refractivity contribution >= 4 is 11.6 Å². The molecule has 3 N–H and O–H groups in total. The van der Waals surface area contributed by atoms with Gasteiger partial charge in [0, 0.05) is 36.6 Å². The number of aryl methyl sites for hydroxylation is 1. The van der Waals surface area contributed by atoms with Gasteiger partial charge in [0.15, 0.2) is 0 Å². The molecule has 0 saturated carbocycles. The molecule has 5 heteroatoms. The van der Waals surface area contributed by atoms with Crippen LogP contribution in [0, 0.1) is 11.8 Å². The van der Waals surface area contributed by atoms with Crippen molar-refractivity contribution in [1.29, 1.82) is 0 Å². The van der Waals surface area contributed by atoms with Gasteiger partial charge in [-0.2, -0.15) is 5.10 Å². The summed E-state index contributed by atoms with van der Waals surface area (Å²) >= 11 is 0. The van der Waals surface area contributed by atoms with E-state index in [1.54, 1.807) is 10.9 Å². The highest BCUT2D eigenvalue weighted by Crippen LogP contribution is 2.09. The first-order chi connectivity index (χ1) is 9.78. The van der Waals surface area contributed by atoms with Gasteiger partial charge in [-0.15, -0.1) is 0 Å². The number of nitrogens with two attached hydrogens (primary N) is 1. The summed E-state index contributed by atoms with van der Waals surface area (Å²) in [6.07, 6.45) is 3.91. The molecule has 0 aliphatic rings. The van der Waals surface area contributed by atoms with Gasteiger partial charge in [0.1, 0.15) is 0 Å². The minimum absolute atomic E-state index is 0.0405. The lowest BCUT2D eigenvalue weighted by Crippen LogP contribution is -2.14. The molecular weight excluding hydrogens is 252 g/mol. The Hall–Kier alpha value is -2.58. The molecule has 0 aliphatic heterocycles. The Morgan fingerprint density at radius 3 is 2.80 bits per heavy atom. The predicted octanol–water partition coefficient (Wildman–Crippen LogP) is 1.22. The topological polar surface area (TPSA) is 72.9 Å². The number of benzene rings is 1. The van der Waals surface area contributed by atoms with Crippen molar-refractivity contribution < 1.29 is 4.79 Å². The fourth-order valence-electron chi connectivity index (χ4n) is 1.66. The summed E-state index contributed by atoms with van der Waals surface area (Å²) in [5, 5.41) is 6.88.